The van der Waals surface area contributed by atoms with Crippen molar-refractivity contribution in [1.29, 1.82) is 0 Å². The summed E-state index contributed by atoms with van der Waals surface area (Å²) >= 11 is 0. The monoisotopic (exact) mass is 285 g/mol. The molecular weight excluding hydrogens is 272 g/mol. The predicted molar refractivity (Wildman–Crippen MR) is 67.4 cm³/mol. The van der Waals surface area contributed by atoms with Gasteiger partial charge >= 0.3 is 12.6 Å². The van der Waals surface area contributed by atoms with Crippen LogP contribution in [-0.2, 0) is 4.74 Å². The summed E-state index contributed by atoms with van der Waals surface area (Å²) in [7, 11) is 1.35. The summed E-state index contributed by atoms with van der Waals surface area (Å²) in [5, 5.41) is 0.327. The first-order valence-corrected chi connectivity index (χ1v) is 5.88. The fourth-order valence-electron chi connectivity index (χ4n) is 1.85. The molecule has 0 aliphatic carbocycles. The number of aromatic amines is 1. The Morgan fingerprint density at radius 3 is 2.75 bits per heavy atom. The van der Waals surface area contributed by atoms with Gasteiger partial charge in [-0.15, -0.1) is 0 Å². The Kier molecular flexibility index (Phi) is 4.07. The Morgan fingerprint density at radius 1 is 1.40 bits per heavy atom. The number of hydrogen-bond donors (Lipinski definition) is 1. The number of fused-ring (bicyclic) bond motifs is 1. The number of methoxy groups -OCH3 is 1. The van der Waals surface area contributed by atoms with Crippen LogP contribution in [-0.4, -0.2) is 31.3 Å². The van der Waals surface area contributed by atoms with Crippen molar-refractivity contribution in [2.24, 2.45) is 0 Å². The van der Waals surface area contributed by atoms with E-state index in [1.165, 1.54) is 19.2 Å². The zero-order valence-corrected chi connectivity index (χ0v) is 10.9. The Morgan fingerprint density at radius 2 is 2.15 bits per heavy atom. The molecule has 0 atom stereocenters. The minimum Gasteiger partial charge on any atom is -0.493 e. The Labute approximate surface area is 113 Å². The van der Waals surface area contributed by atoms with Gasteiger partial charge in [-0.2, -0.15) is 8.78 Å². The normalized spacial score (nSPS) is 10.8. The number of nitrogens with one attached hydrogen (secondary N) is 1. The lowest BCUT2D eigenvalue weighted by Crippen LogP contribution is -2.04. The van der Waals surface area contributed by atoms with Crippen LogP contribution in [0, 0.1) is 0 Å². The van der Waals surface area contributed by atoms with E-state index >= 15 is 0 Å². The highest BCUT2D eigenvalue weighted by Crippen LogP contribution is 2.37. The number of ether oxygens (including phenoxy) is 3. The zero-order valence-electron chi connectivity index (χ0n) is 10.9. The van der Waals surface area contributed by atoms with Crippen molar-refractivity contribution in [3.8, 4) is 11.5 Å². The molecule has 0 aliphatic heterocycles. The number of esters is 1. The highest BCUT2D eigenvalue weighted by Gasteiger charge is 2.18. The molecule has 108 valence electrons. The highest BCUT2D eigenvalue weighted by atomic mass is 19.3. The van der Waals surface area contributed by atoms with Crippen LogP contribution in [0.2, 0.25) is 0 Å². The van der Waals surface area contributed by atoms with E-state index in [0.29, 0.717) is 10.9 Å². The number of hydrogen-bond acceptors (Lipinski definition) is 4. The van der Waals surface area contributed by atoms with E-state index in [0.717, 1.165) is 0 Å². The lowest BCUT2D eigenvalue weighted by molar-refractivity contribution is -0.0501. The summed E-state index contributed by atoms with van der Waals surface area (Å²) in [5.41, 5.74) is 0.638. The SMILES string of the molecule is CCOC(=O)c1cc2c(OC(F)F)c(OC)ccc2[nH]1. The summed E-state index contributed by atoms with van der Waals surface area (Å²) in [6.07, 6.45) is 0. The fourth-order valence-corrected chi connectivity index (χ4v) is 1.85. The molecule has 0 saturated carbocycles. The zero-order chi connectivity index (χ0) is 14.7. The molecule has 1 N–H and O–H groups in total. The van der Waals surface area contributed by atoms with Crippen molar-refractivity contribution in [2.75, 3.05) is 13.7 Å². The molecule has 0 radical (unpaired) electrons. The van der Waals surface area contributed by atoms with Gasteiger partial charge in [0.05, 0.1) is 19.2 Å². The second-order valence-corrected chi connectivity index (χ2v) is 3.84. The molecule has 2 aromatic rings. The van der Waals surface area contributed by atoms with Gasteiger partial charge in [-0.25, -0.2) is 4.79 Å². The van der Waals surface area contributed by atoms with Crippen LogP contribution in [0.25, 0.3) is 10.9 Å². The molecule has 0 amide bonds. The van der Waals surface area contributed by atoms with Crippen molar-refractivity contribution in [2.45, 2.75) is 13.5 Å². The summed E-state index contributed by atoms with van der Waals surface area (Å²) in [5.74, 6) is -0.523. The lowest BCUT2D eigenvalue weighted by atomic mass is 10.2. The Bertz CT molecular complexity index is 624. The number of carbonyl (C=O) groups excluding carboxylic acids is 1. The van der Waals surface area contributed by atoms with Gasteiger partial charge in [0.15, 0.2) is 11.5 Å². The first-order chi connectivity index (χ1) is 9.56. The van der Waals surface area contributed by atoms with E-state index in [4.69, 9.17) is 9.47 Å². The van der Waals surface area contributed by atoms with E-state index in [-0.39, 0.29) is 23.8 Å². The quantitative estimate of drug-likeness (QED) is 0.858. The number of aromatic nitrogens is 1. The van der Waals surface area contributed by atoms with Gasteiger partial charge in [0.2, 0.25) is 0 Å². The van der Waals surface area contributed by atoms with Gasteiger partial charge < -0.3 is 19.2 Å². The van der Waals surface area contributed by atoms with Gasteiger partial charge in [-0.1, -0.05) is 0 Å². The molecule has 7 heteroatoms. The number of carbonyl (C=O) groups is 1. The van der Waals surface area contributed by atoms with Crippen LogP contribution in [0.15, 0.2) is 18.2 Å². The number of halogens is 2. The maximum absolute atomic E-state index is 12.5. The third-order valence-electron chi connectivity index (χ3n) is 2.64. The van der Waals surface area contributed by atoms with Crippen LogP contribution >= 0.6 is 0 Å². The van der Waals surface area contributed by atoms with Gasteiger partial charge in [0.1, 0.15) is 5.69 Å². The highest BCUT2D eigenvalue weighted by molar-refractivity contribution is 5.98. The molecule has 1 heterocycles. The maximum Gasteiger partial charge on any atom is 0.387 e. The molecule has 5 nitrogen and oxygen atoms in total. The smallest absolute Gasteiger partial charge is 0.387 e. The van der Waals surface area contributed by atoms with Crippen molar-refractivity contribution in [3.63, 3.8) is 0 Å². The Balaban J connectivity index is 2.52. The number of rotatable bonds is 5. The summed E-state index contributed by atoms with van der Waals surface area (Å²) < 4.78 is 39.2. The largest absolute Gasteiger partial charge is 0.493 e. The molecule has 20 heavy (non-hydrogen) atoms. The topological polar surface area (TPSA) is 60.6 Å². The minimum atomic E-state index is -2.99. The summed E-state index contributed by atoms with van der Waals surface area (Å²) in [6, 6.07) is 4.48. The molecule has 1 aromatic heterocycles. The first kappa shape index (κ1) is 14.1. The first-order valence-electron chi connectivity index (χ1n) is 5.88. The van der Waals surface area contributed by atoms with Crippen molar-refractivity contribution in [1.82, 2.24) is 4.98 Å². The molecule has 0 saturated heterocycles. The van der Waals surface area contributed by atoms with E-state index < -0.39 is 12.6 Å². The minimum absolute atomic E-state index is 0.119. The molecule has 0 spiro atoms. The molecule has 0 aliphatic rings. The lowest BCUT2D eigenvalue weighted by Gasteiger charge is -2.10. The predicted octanol–water partition coefficient (Wildman–Crippen LogP) is 2.95. The summed E-state index contributed by atoms with van der Waals surface area (Å²) in [4.78, 5) is 14.4. The van der Waals surface area contributed by atoms with Crippen LogP contribution in [0.1, 0.15) is 17.4 Å². The maximum atomic E-state index is 12.5. The van der Waals surface area contributed by atoms with Gasteiger partial charge in [-0.3, -0.25) is 0 Å². The molecule has 0 bridgehead atoms. The summed E-state index contributed by atoms with van der Waals surface area (Å²) in [6.45, 7) is -1.09. The number of alkyl halides is 2. The third-order valence-corrected chi connectivity index (χ3v) is 2.64. The molecule has 1 aromatic carbocycles. The number of benzene rings is 1. The van der Waals surface area contributed by atoms with E-state index in [2.05, 4.69) is 9.72 Å². The van der Waals surface area contributed by atoms with Crippen molar-refractivity contribution >= 4 is 16.9 Å². The van der Waals surface area contributed by atoms with Gasteiger partial charge in [-0.05, 0) is 25.1 Å². The second-order valence-electron chi connectivity index (χ2n) is 3.84. The van der Waals surface area contributed by atoms with E-state index in [1.54, 1.807) is 13.0 Å². The molecular formula is C13H13F2NO4. The second kappa shape index (κ2) is 5.77. The Hall–Kier alpha value is -2.31. The molecule has 0 unspecified atom stereocenters. The van der Waals surface area contributed by atoms with Gasteiger partial charge in [0.25, 0.3) is 0 Å². The van der Waals surface area contributed by atoms with Crippen LogP contribution in [0.5, 0.6) is 11.5 Å². The third kappa shape index (κ3) is 2.66. The van der Waals surface area contributed by atoms with Crippen molar-refractivity contribution < 1.29 is 27.8 Å². The molecule has 2 rings (SSSR count). The van der Waals surface area contributed by atoms with Crippen molar-refractivity contribution in [3.05, 3.63) is 23.9 Å². The van der Waals surface area contributed by atoms with Crippen LogP contribution in [0.4, 0.5) is 8.78 Å². The average molecular weight is 285 g/mol. The number of H-pyrrole nitrogens is 1. The van der Waals surface area contributed by atoms with E-state index in [9.17, 15) is 13.6 Å². The van der Waals surface area contributed by atoms with Crippen LogP contribution < -0.4 is 9.47 Å². The average Bonchev–Trinajstić information content (AvgIpc) is 2.83. The van der Waals surface area contributed by atoms with Gasteiger partial charge in [0, 0.05) is 5.39 Å². The van der Waals surface area contributed by atoms with Crippen LogP contribution in [0.3, 0.4) is 0 Å². The molecule has 0 fully saturated rings. The van der Waals surface area contributed by atoms with E-state index in [1.807, 2.05) is 0 Å². The fraction of sp³-hybridized carbons (Fsp3) is 0.308. The standard InChI is InChI=1S/C13H13F2NO4/c1-3-19-12(17)9-6-7-8(16-9)4-5-10(18-2)11(7)20-13(14)15/h4-6,13,16H,3H2,1-2H3.